The van der Waals surface area contributed by atoms with E-state index in [2.05, 4.69) is 43.2 Å². The van der Waals surface area contributed by atoms with Crippen molar-refractivity contribution in [2.45, 2.75) is 6.54 Å². The fourth-order valence-corrected chi connectivity index (χ4v) is 3.40. The van der Waals surface area contributed by atoms with E-state index in [9.17, 15) is 4.79 Å². The maximum atomic E-state index is 12.2. The van der Waals surface area contributed by atoms with Gasteiger partial charge in [-0.3, -0.25) is 10.1 Å². The van der Waals surface area contributed by atoms with Crippen LogP contribution in [0.25, 0.3) is 22.7 Å². The predicted molar refractivity (Wildman–Crippen MR) is 123 cm³/mol. The van der Waals surface area contributed by atoms with Gasteiger partial charge >= 0.3 is 0 Å². The summed E-state index contributed by atoms with van der Waals surface area (Å²) >= 11 is 7.39. The average molecular weight is 514 g/mol. The highest BCUT2D eigenvalue weighted by atomic mass is 127. The maximum absolute atomic E-state index is 12.2. The molecule has 4 aromatic rings. The van der Waals surface area contributed by atoms with Crippen molar-refractivity contribution >= 4 is 57.1 Å². The largest absolute Gasteiger partial charge is 0.434 e. The smallest absolute Gasteiger partial charge is 0.257 e. The van der Waals surface area contributed by atoms with Crippen LogP contribution in [-0.2, 0) is 6.54 Å². The van der Waals surface area contributed by atoms with Crippen molar-refractivity contribution in [3.63, 3.8) is 0 Å². The lowest BCUT2D eigenvalue weighted by Gasteiger charge is -2.10. The standard InChI is InChI=1S/C21H15IN4O2S/c22-16-4-1-3-15(11-16)19(27)26-21(29)24-12-13-6-8-14(9-7-13)20-25-18-17(28-20)5-2-10-23-18/h1-11H,12H2,(H2,24,26,27,29). The molecule has 0 fully saturated rings. The number of rotatable bonds is 4. The van der Waals surface area contributed by atoms with Gasteiger partial charge in [0.1, 0.15) is 0 Å². The minimum Gasteiger partial charge on any atom is -0.434 e. The third-order valence-corrected chi connectivity index (χ3v) is 5.05. The molecule has 1 amide bonds. The first-order chi connectivity index (χ1) is 14.1. The van der Waals surface area contributed by atoms with Gasteiger partial charge in [-0.25, -0.2) is 4.98 Å². The van der Waals surface area contributed by atoms with Crippen molar-refractivity contribution in [3.05, 3.63) is 81.6 Å². The summed E-state index contributed by atoms with van der Waals surface area (Å²) in [4.78, 5) is 20.8. The molecule has 29 heavy (non-hydrogen) atoms. The number of carbonyl (C=O) groups is 1. The second kappa shape index (κ2) is 8.66. The lowest BCUT2D eigenvalue weighted by atomic mass is 10.1. The van der Waals surface area contributed by atoms with Gasteiger partial charge in [0.25, 0.3) is 5.91 Å². The lowest BCUT2D eigenvalue weighted by Crippen LogP contribution is -2.38. The van der Waals surface area contributed by atoms with Crippen LogP contribution in [0.15, 0.2) is 71.3 Å². The summed E-state index contributed by atoms with van der Waals surface area (Å²) in [6, 6.07) is 18.7. The Morgan fingerprint density at radius 2 is 1.93 bits per heavy atom. The molecule has 0 radical (unpaired) electrons. The monoisotopic (exact) mass is 514 g/mol. The van der Waals surface area contributed by atoms with Crippen molar-refractivity contribution in [2.75, 3.05) is 0 Å². The summed E-state index contributed by atoms with van der Waals surface area (Å²) in [6.07, 6.45) is 1.68. The number of oxazole rings is 1. The number of carbonyl (C=O) groups excluding carboxylic acids is 1. The van der Waals surface area contributed by atoms with Crippen LogP contribution < -0.4 is 10.6 Å². The van der Waals surface area contributed by atoms with Gasteiger partial charge in [0.05, 0.1) is 0 Å². The van der Waals surface area contributed by atoms with Crippen LogP contribution >= 0.6 is 34.8 Å². The Labute approximate surface area is 185 Å². The molecule has 0 aliphatic carbocycles. The van der Waals surface area contributed by atoms with Gasteiger partial charge in [-0.05, 0) is 82.8 Å². The van der Waals surface area contributed by atoms with E-state index in [1.54, 1.807) is 18.3 Å². The van der Waals surface area contributed by atoms with Crippen molar-refractivity contribution in [1.29, 1.82) is 0 Å². The second-order valence-corrected chi connectivity index (χ2v) is 7.84. The van der Waals surface area contributed by atoms with Gasteiger partial charge in [0.2, 0.25) is 5.89 Å². The number of thiocarbonyl (C=S) groups is 1. The van der Waals surface area contributed by atoms with E-state index < -0.39 is 0 Å². The number of amides is 1. The summed E-state index contributed by atoms with van der Waals surface area (Å²) in [5, 5.41) is 6.02. The molecule has 144 valence electrons. The van der Waals surface area contributed by atoms with Crippen molar-refractivity contribution in [2.24, 2.45) is 0 Å². The Morgan fingerprint density at radius 1 is 1.10 bits per heavy atom. The summed E-state index contributed by atoms with van der Waals surface area (Å²) in [6.45, 7) is 0.487. The number of pyridine rings is 1. The normalized spacial score (nSPS) is 10.7. The molecule has 0 aliphatic rings. The van der Waals surface area contributed by atoms with Crippen molar-refractivity contribution in [1.82, 2.24) is 20.6 Å². The van der Waals surface area contributed by atoms with E-state index in [0.717, 1.165) is 14.7 Å². The Hall–Kier alpha value is -2.85. The number of fused-ring (bicyclic) bond motifs is 1. The zero-order valence-electron chi connectivity index (χ0n) is 15.1. The molecule has 0 spiro atoms. The second-order valence-electron chi connectivity index (χ2n) is 6.19. The summed E-state index contributed by atoms with van der Waals surface area (Å²) in [5.74, 6) is 0.291. The third-order valence-electron chi connectivity index (χ3n) is 4.13. The third kappa shape index (κ3) is 4.77. The molecule has 2 N–H and O–H groups in total. The highest BCUT2D eigenvalue weighted by Crippen LogP contribution is 2.23. The number of aromatic nitrogens is 2. The van der Waals surface area contributed by atoms with Crippen LogP contribution in [0, 0.1) is 3.57 Å². The summed E-state index contributed by atoms with van der Waals surface area (Å²) in [7, 11) is 0. The molecular weight excluding hydrogens is 499 g/mol. The van der Waals surface area contributed by atoms with Gasteiger partial charge < -0.3 is 9.73 Å². The van der Waals surface area contributed by atoms with Crippen LogP contribution in [0.5, 0.6) is 0 Å². The average Bonchev–Trinajstić information content (AvgIpc) is 3.17. The quantitative estimate of drug-likeness (QED) is 0.313. The first-order valence-electron chi connectivity index (χ1n) is 8.74. The van der Waals surface area contributed by atoms with E-state index in [1.807, 2.05) is 48.5 Å². The Kier molecular flexibility index (Phi) is 5.81. The Bertz CT molecular complexity index is 1160. The van der Waals surface area contributed by atoms with Crippen LogP contribution in [0.3, 0.4) is 0 Å². The van der Waals surface area contributed by atoms with Gasteiger partial charge in [-0.2, -0.15) is 4.98 Å². The number of hydrogen-bond acceptors (Lipinski definition) is 5. The van der Waals surface area contributed by atoms with Crippen LogP contribution in [0.1, 0.15) is 15.9 Å². The number of nitrogens with zero attached hydrogens (tertiary/aromatic N) is 2. The van der Waals surface area contributed by atoms with E-state index >= 15 is 0 Å². The molecule has 2 heterocycles. The first kappa shape index (κ1) is 19.5. The minimum atomic E-state index is -0.235. The fourth-order valence-electron chi connectivity index (χ4n) is 2.69. The molecule has 0 saturated heterocycles. The molecule has 0 aliphatic heterocycles. The molecular formula is C21H15IN4O2S. The van der Waals surface area contributed by atoms with Crippen molar-refractivity contribution < 1.29 is 9.21 Å². The lowest BCUT2D eigenvalue weighted by molar-refractivity contribution is 0.0976. The molecule has 0 atom stereocenters. The number of hydrogen-bond donors (Lipinski definition) is 2. The topological polar surface area (TPSA) is 80.0 Å². The number of nitrogens with one attached hydrogen (secondary N) is 2. The van der Waals surface area contributed by atoms with Gasteiger partial charge in [-0.15, -0.1) is 0 Å². The zero-order chi connectivity index (χ0) is 20.2. The molecule has 6 nitrogen and oxygen atoms in total. The van der Waals surface area contributed by atoms with Gasteiger partial charge in [-0.1, -0.05) is 18.2 Å². The molecule has 8 heteroatoms. The molecule has 4 rings (SSSR count). The molecule has 2 aromatic heterocycles. The van der Waals surface area contributed by atoms with Crippen LogP contribution in [-0.4, -0.2) is 21.0 Å². The highest BCUT2D eigenvalue weighted by molar-refractivity contribution is 14.1. The van der Waals surface area contributed by atoms with Crippen LogP contribution in [0.2, 0.25) is 0 Å². The summed E-state index contributed by atoms with van der Waals surface area (Å²) < 4.78 is 6.72. The molecule has 2 aromatic carbocycles. The number of benzene rings is 2. The van der Waals surface area contributed by atoms with E-state index in [1.165, 1.54) is 0 Å². The van der Waals surface area contributed by atoms with E-state index in [-0.39, 0.29) is 11.0 Å². The highest BCUT2D eigenvalue weighted by Gasteiger charge is 2.10. The van der Waals surface area contributed by atoms with Gasteiger partial charge in [0, 0.05) is 27.4 Å². The fraction of sp³-hybridized carbons (Fsp3) is 0.0476. The Morgan fingerprint density at radius 3 is 2.69 bits per heavy atom. The van der Waals surface area contributed by atoms with Crippen molar-refractivity contribution in [3.8, 4) is 11.5 Å². The maximum Gasteiger partial charge on any atom is 0.257 e. The van der Waals surface area contributed by atoms with Gasteiger partial charge in [0.15, 0.2) is 16.3 Å². The predicted octanol–water partition coefficient (Wildman–Crippen LogP) is 4.30. The number of halogens is 1. The molecule has 0 bridgehead atoms. The first-order valence-corrected chi connectivity index (χ1v) is 10.2. The molecule has 0 saturated carbocycles. The van der Waals surface area contributed by atoms with E-state index in [4.69, 9.17) is 16.6 Å². The minimum absolute atomic E-state index is 0.235. The SMILES string of the molecule is O=C(NC(=S)NCc1ccc(-c2nc3ncccc3o2)cc1)c1cccc(I)c1. The zero-order valence-corrected chi connectivity index (χ0v) is 18.0. The van der Waals surface area contributed by atoms with Crippen LogP contribution in [0.4, 0.5) is 0 Å². The molecule has 0 unspecified atom stereocenters. The Balaban J connectivity index is 1.35. The van der Waals surface area contributed by atoms with E-state index in [0.29, 0.717) is 29.2 Å². The summed E-state index contributed by atoms with van der Waals surface area (Å²) in [5.41, 5.74) is 3.68.